The second-order valence-corrected chi connectivity index (χ2v) is 11.7. The average molecular weight is 666 g/mol. The van der Waals surface area contributed by atoms with Crippen LogP contribution in [0, 0.1) is 5.82 Å². The second kappa shape index (κ2) is 14.1. The van der Waals surface area contributed by atoms with Crippen LogP contribution >= 0.6 is 28.1 Å². The van der Waals surface area contributed by atoms with Crippen molar-refractivity contribution in [1.29, 1.82) is 0 Å². The molecule has 0 fully saturated rings. The van der Waals surface area contributed by atoms with Crippen LogP contribution < -0.4 is 10.1 Å². The number of allylic oxidation sites excluding steroid dienone is 1. The Morgan fingerprint density at radius 1 is 1.12 bits per heavy atom. The highest BCUT2D eigenvalue weighted by Gasteiger charge is 2.40. The van der Waals surface area contributed by atoms with Crippen LogP contribution in [0.15, 0.2) is 88.0 Å². The Balaban J connectivity index is 1.64. The van der Waals surface area contributed by atoms with Crippen LogP contribution in [0.2, 0.25) is 0 Å². The molecule has 1 atom stereocenters. The Morgan fingerprint density at radius 2 is 1.81 bits per heavy atom. The molecule has 1 aliphatic rings. The van der Waals surface area contributed by atoms with Gasteiger partial charge < -0.3 is 14.8 Å². The molecule has 0 aromatic heterocycles. The average Bonchev–Trinajstić information content (AvgIpc) is 2.97. The number of thiocarbonyl (C=S) groups is 1. The first kappa shape index (κ1) is 32.1. The minimum Gasteiger partial charge on any atom is -0.488 e. The summed E-state index contributed by atoms with van der Waals surface area (Å²) < 4.78 is 25.9. The van der Waals surface area contributed by atoms with E-state index >= 15 is 0 Å². The molecule has 3 aromatic carbocycles. The van der Waals surface area contributed by atoms with Crippen LogP contribution in [0.5, 0.6) is 5.75 Å². The van der Waals surface area contributed by atoms with Gasteiger partial charge in [-0.15, -0.1) is 0 Å². The van der Waals surface area contributed by atoms with Gasteiger partial charge in [-0.3, -0.25) is 9.69 Å². The maximum absolute atomic E-state index is 14.0. The van der Waals surface area contributed by atoms with Gasteiger partial charge in [-0.1, -0.05) is 62.4 Å². The first-order valence-electron chi connectivity index (χ1n) is 14.0. The molecule has 9 heteroatoms. The normalized spacial score (nSPS) is 15.4. The lowest BCUT2D eigenvalue weighted by molar-refractivity contribution is -0.139. The summed E-state index contributed by atoms with van der Waals surface area (Å²) in [5.41, 5.74) is 4.35. The number of hydrogen-bond acceptors (Lipinski definition) is 5. The van der Waals surface area contributed by atoms with Gasteiger partial charge in [0, 0.05) is 16.8 Å². The minimum absolute atomic E-state index is 0.0760. The van der Waals surface area contributed by atoms with Crippen molar-refractivity contribution in [3.8, 4) is 5.75 Å². The van der Waals surface area contributed by atoms with Gasteiger partial charge in [0.25, 0.3) is 5.91 Å². The number of nitrogens with one attached hydrogen (secondary N) is 1. The highest BCUT2D eigenvalue weighted by Crippen LogP contribution is 2.36. The molecule has 0 saturated carbocycles. The largest absolute Gasteiger partial charge is 0.488 e. The number of carbonyl (C=O) groups excluding carboxylic acids is 2. The Labute approximate surface area is 265 Å². The molecule has 1 amide bonds. The maximum Gasteiger partial charge on any atom is 0.338 e. The summed E-state index contributed by atoms with van der Waals surface area (Å²) >= 11 is 9.18. The van der Waals surface area contributed by atoms with E-state index in [1.54, 1.807) is 57.2 Å². The van der Waals surface area contributed by atoms with Gasteiger partial charge in [-0.25, -0.2) is 9.18 Å². The Bertz CT molecular complexity index is 1600. The smallest absolute Gasteiger partial charge is 0.338 e. The fraction of sp³-hybridized carbons (Fsp3) is 0.265. The summed E-state index contributed by atoms with van der Waals surface area (Å²) in [6, 6.07) is 18.9. The zero-order valence-corrected chi connectivity index (χ0v) is 27.1. The fourth-order valence-corrected chi connectivity index (χ4v) is 5.65. The van der Waals surface area contributed by atoms with Crippen LogP contribution in [-0.4, -0.2) is 28.5 Å². The monoisotopic (exact) mass is 664 g/mol. The van der Waals surface area contributed by atoms with Gasteiger partial charge in [0.15, 0.2) is 5.11 Å². The van der Waals surface area contributed by atoms with Crippen molar-refractivity contribution in [1.82, 2.24) is 10.2 Å². The number of rotatable bonds is 9. The summed E-state index contributed by atoms with van der Waals surface area (Å²) in [4.78, 5) is 28.6. The molecule has 1 unspecified atom stereocenters. The molecule has 1 N–H and O–H groups in total. The molecule has 0 bridgehead atoms. The summed E-state index contributed by atoms with van der Waals surface area (Å²) in [6.45, 7) is 9.68. The number of amides is 1. The molecule has 0 aliphatic carbocycles. The molecule has 0 radical (unpaired) electrons. The standard InChI is InChI=1S/C34H34BrFN2O4S/c1-6-41-33(40)30-22(5)37-34(43)38(31(30)25-14-12-24(13-15-25)20(2)3)32(39)21(4)17-23-11-16-29(27(35)18-23)42-19-26-9-7-8-10-28(26)36/h7-18,20,31H,6,19H2,1-5H3,(H,37,43)/b21-17+. The van der Waals surface area contributed by atoms with Gasteiger partial charge in [-0.2, -0.15) is 0 Å². The topological polar surface area (TPSA) is 67.9 Å². The van der Waals surface area contributed by atoms with Gasteiger partial charge >= 0.3 is 5.97 Å². The van der Waals surface area contributed by atoms with Gasteiger partial charge in [-0.05, 0) is 95.8 Å². The van der Waals surface area contributed by atoms with Gasteiger partial charge in [0.2, 0.25) is 0 Å². The highest BCUT2D eigenvalue weighted by molar-refractivity contribution is 9.10. The highest BCUT2D eigenvalue weighted by atomic mass is 79.9. The number of halogens is 2. The van der Waals surface area contributed by atoms with Crippen molar-refractivity contribution >= 4 is 51.2 Å². The molecule has 224 valence electrons. The van der Waals surface area contributed by atoms with Crippen molar-refractivity contribution in [2.45, 2.75) is 53.2 Å². The minimum atomic E-state index is -0.772. The van der Waals surface area contributed by atoms with E-state index in [9.17, 15) is 14.0 Å². The lowest BCUT2D eigenvalue weighted by Gasteiger charge is -2.38. The molecule has 6 nitrogen and oxygen atoms in total. The van der Waals surface area contributed by atoms with Gasteiger partial charge in [0.05, 0.1) is 22.7 Å². The van der Waals surface area contributed by atoms with Crippen LogP contribution in [0.3, 0.4) is 0 Å². The molecule has 1 heterocycles. The number of esters is 1. The van der Waals surface area contributed by atoms with Crippen molar-refractivity contribution in [2.24, 2.45) is 0 Å². The third kappa shape index (κ3) is 7.40. The first-order chi connectivity index (χ1) is 20.5. The third-order valence-corrected chi connectivity index (χ3v) is 8.02. The van der Waals surface area contributed by atoms with E-state index in [1.165, 1.54) is 11.0 Å². The van der Waals surface area contributed by atoms with E-state index in [1.807, 2.05) is 30.3 Å². The summed E-state index contributed by atoms with van der Waals surface area (Å²) in [7, 11) is 0. The number of hydrogen-bond donors (Lipinski definition) is 1. The SMILES string of the molecule is CCOC(=O)C1=C(C)NC(=S)N(C(=O)/C(C)=C/c2ccc(OCc3ccccc3F)c(Br)c2)C1c1ccc(C(C)C)cc1. The maximum atomic E-state index is 14.0. The quantitative estimate of drug-likeness (QED) is 0.142. The number of carbonyl (C=O) groups is 2. The number of nitrogens with zero attached hydrogens (tertiary/aromatic N) is 1. The van der Waals surface area contributed by atoms with E-state index in [0.29, 0.717) is 38.5 Å². The van der Waals surface area contributed by atoms with E-state index < -0.39 is 12.0 Å². The molecule has 3 aromatic rings. The molecule has 43 heavy (non-hydrogen) atoms. The van der Waals surface area contributed by atoms with Gasteiger partial charge in [0.1, 0.15) is 18.2 Å². The summed E-state index contributed by atoms with van der Waals surface area (Å²) in [6.07, 6.45) is 1.74. The fourth-order valence-electron chi connectivity index (χ4n) is 4.80. The van der Waals surface area contributed by atoms with E-state index in [0.717, 1.165) is 16.7 Å². The summed E-state index contributed by atoms with van der Waals surface area (Å²) in [5, 5.41) is 3.23. The van der Waals surface area contributed by atoms with Crippen molar-refractivity contribution in [3.05, 3.63) is 116 Å². The zero-order valence-electron chi connectivity index (χ0n) is 24.7. The third-order valence-electron chi connectivity index (χ3n) is 7.10. The van der Waals surface area contributed by atoms with Crippen molar-refractivity contribution in [3.63, 3.8) is 0 Å². The van der Waals surface area contributed by atoms with Crippen LogP contribution in [-0.2, 0) is 20.9 Å². The molecule has 0 spiro atoms. The molecule has 1 aliphatic heterocycles. The zero-order chi connectivity index (χ0) is 31.3. The Hall–Kier alpha value is -3.82. The Morgan fingerprint density at radius 3 is 2.44 bits per heavy atom. The molecular formula is C34H34BrFN2O4S. The summed E-state index contributed by atoms with van der Waals surface area (Å²) in [5.74, 6) is -0.343. The molecule has 0 saturated heterocycles. The molecular weight excluding hydrogens is 631 g/mol. The first-order valence-corrected chi connectivity index (χ1v) is 15.2. The van der Waals surface area contributed by atoms with Crippen LogP contribution in [0.25, 0.3) is 6.08 Å². The molecule has 4 rings (SSSR count). The van der Waals surface area contributed by atoms with E-state index in [4.69, 9.17) is 21.7 Å². The number of ether oxygens (including phenoxy) is 2. The van der Waals surface area contributed by atoms with Crippen LogP contribution in [0.4, 0.5) is 4.39 Å². The van der Waals surface area contributed by atoms with Crippen molar-refractivity contribution in [2.75, 3.05) is 6.61 Å². The Kier molecular flexibility index (Phi) is 10.5. The lowest BCUT2D eigenvalue weighted by Crippen LogP contribution is -2.51. The van der Waals surface area contributed by atoms with Crippen LogP contribution in [0.1, 0.15) is 68.8 Å². The number of benzene rings is 3. The predicted molar refractivity (Wildman–Crippen MR) is 174 cm³/mol. The lowest BCUT2D eigenvalue weighted by atomic mass is 9.91. The predicted octanol–water partition coefficient (Wildman–Crippen LogP) is 7.99. The second-order valence-electron chi connectivity index (χ2n) is 10.5. The van der Waals surface area contributed by atoms with Crippen molar-refractivity contribution < 1.29 is 23.5 Å². The van der Waals surface area contributed by atoms with E-state index in [-0.39, 0.29) is 30.1 Å². The van der Waals surface area contributed by atoms with E-state index in [2.05, 4.69) is 35.1 Å².